The first kappa shape index (κ1) is 47.7. The molecule has 2 amide bonds. The molecule has 6 aromatic heterocycles. The summed E-state index contributed by atoms with van der Waals surface area (Å²) in [7, 11) is 0. The number of carbonyl (C=O) groups excluding carboxylic acids is 2. The monoisotopic (exact) mass is 989 g/mol. The van der Waals surface area contributed by atoms with Crippen LogP contribution in [0.4, 0.5) is 17.3 Å². The van der Waals surface area contributed by atoms with Gasteiger partial charge in [0.25, 0.3) is 22.9 Å². The second-order valence-corrected chi connectivity index (χ2v) is 17.9. The number of ether oxygens (including phenoxy) is 1. The van der Waals surface area contributed by atoms with E-state index in [9.17, 15) is 19.2 Å². The lowest BCUT2D eigenvalue weighted by atomic mass is 10.0. The Balaban J connectivity index is 0.000000169. The van der Waals surface area contributed by atoms with E-state index in [1.165, 1.54) is 0 Å². The third-order valence-corrected chi connectivity index (χ3v) is 13.2. The molecule has 16 nitrogen and oxygen atoms in total. The fraction of sp³-hybridized carbons (Fsp3) is 0.143. The van der Waals surface area contributed by atoms with Crippen molar-refractivity contribution in [2.45, 2.75) is 25.9 Å². The highest BCUT2D eigenvalue weighted by molar-refractivity contribution is 6.35. The van der Waals surface area contributed by atoms with Crippen molar-refractivity contribution in [1.29, 1.82) is 0 Å². The minimum atomic E-state index is -0.554. The number of fused-ring (bicyclic) bond motifs is 4. The van der Waals surface area contributed by atoms with Crippen molar-refractivity contribution in [3.8, 4) is 11.4 Å². The van der Waals surface area contributed by atoms with Gasteiger partial charge in [-0.25, -0.2) is 9.97 Å². The standard InChI is InChI=1S/C30H28N6O3.C26H20ClN5O2/c1-19(34-29(37)26-27-21(8-6-12-32-27)18-33-28(26)31)24-17-20-7-5-11-23(35-13-15-39-16-14-35)25(20)30(38)36(24)22-9-3-2-4-10-22;1-15(31-25(33)22-23-17(8-6-12-29-23)14-30-24(22)28)20-13-16-7-5-11-19(27)21(16)26(34)32(20)18-9-3-2-4-10-18/h2-12,17-19H,13-16H2,1H3,(H2,31,33)(H,34,37);2-15H,1H3,(H2,28,30)(H,31,33)/t19-;15-/m00/s1. The average molecular weight is 991 g/mol. The number of hydrogen-bond donors (Lipinski definition) is 4. The zero-order valence-electron chi connectivity index (χ0n) is 39.7. The van der Waals surface area contributed by atoms with Crippen molar-refractivity contribution >= 4 is 84.1 Å². The van der Waals surface area contributed by atoms with Gasteiger partial charge in [-0.1, -0.05) is 72.3 Å². The highest BCUT2D eigenvalue weighted by Crippen LogP contribution is 2.31. The van der Waals surface area contributed by atoms with Crippen molar-refractivity contribution in [2.75, 3.05) is 42.7 Å². The maximum absolute atomic E-state index is 14.3. The molecule has 1 aliphatic heterocycles. The summed E-state index contributed by atoms with van der Waals surface area (Å²) in [5.41, 5.74) is 16.6. The Morgan fingerprint density at radius 1 is 0.575 bits per heavy atom. The minimum absolute atomic E-state index is 0.0849. The van der Waals surface area contributed by atoms with Crippen LogP contribution in [-0.2, 0) is 4.74 Å². The molecule has 364 valence electrons. The summed E-state index contributed by atoms with van der Waals surface area (Å²) in [6.07, 6.45) is 6.39. The van der Waals surface area contributed by atoms with E-state index in [0.29, 0.717) is 92.1 Å². The number of nitrogens with two attached hydrogens (primary N) is 2. The predicted molar refractivity (Wildman–Crippen MR) is 287 cm³/mol. The van der Waals surface area contributed by atoms with Gasteiger partial charge in [0.2, 0.25) is 0 Å². The number of amides is 2. The van der Waals surface area contributed by atoms with Gasteiger partial charge in [-0.2, -0.15) is 0 Å². The molecule has 0 spiro atoms. The number of nitrogen functional groups attached to an aromatic ring is 2. The van der Waals surface area contributed by atoms with E-state index >= 15 is 0 Å². The first-order valence-corrected chi connectivity index (χ1v) is 23.9. The Morgan fingerprint density at radius 3 is 1.53 bits per heavy atom. The molecular weight excluding hydrogens is 942 g/mol. The topological polar surface area (TPSA) is 218 Å². The van der Waals surface area contributed by atoms with E-state index in [4.69, 9.17) is 27.8 Å². The Kier molecular flexibility index (Phi) is 13.3. The summed E-state index contributed by atoms with van der Waals surface area (Å²) in [6, 6.07) is 39.8. The van der Waals surface area contributed by atoms with E-state index in [0.717, 1.165) is 11.1 Å². The highest BCUT2D eigenvalue weighted by Gasteiger charge is 2.26. The Hall–Kier alpha value is -8.99. The zero-order valence-corrected chi connectivity index (χ0v) is 40.5. The number of nitrogens with one attached hydrogen (secondary N) is 2. The zero-order chi connectivity index (χ0) is 50.8. The number of pyridine rings is 6. The third-order valence-electron chi connectivity index (χ3n) is 12.8. The van der Waals surface area contributed by atoms with Crippen LogP contribution in [-0.4, -0.2) is 67.2 Å². The molecule has 0 aliphatic carbocycles. The van der Waals surface area contributed by atoms with Gasteiger partial charge in [-0.3, -0.25) is 38.3 Å². The molecule has 4 aromatic carbocycles. The van der Waals surface area contributed by atoms with Crippen LogP contribution < -0.4 is 38.1 Å². The van der Waals surface area contributed by atoms with Crippen LogP contribution in [0.1, 0.15) is 58.0 Å². The van der Waals surface area contributed by atoms with Crippen LogP contribution in [0.15, 0.2) is 168 Å². The largest absolute Gasteiger partial charge is 0.383 e. The molecule has 73 heavy (non-hydrogen) atoms. The Bertz CT molecular complexity index is 3870. The lowest BCUT2D eigenvalue weighted by Gasteiger charge is -2.30. The van der Waals surface area contributed by atoms with Gasteiger partial charge >= 0.3 is 0 Å². The van der Waals surface area contributed by atoms with Gasteiger partial charge in [0, 0.05) is 71.4 Å². The second kappa shape index (κ2) is 20.4. The molecule has 6 N–H and O–H groups in total. The maximum atomic E-state index is 14.3. The van der Waals surface area contributed by atoms with Crippen molar-refractivity contribution in [3.63, 3.8) is 0 Å². The molecule has 2 atom stereocenters. The number of para-hydroxylation sites is 2. The van der Waals surface area contributed by atoms with Gasteiger partial charge < -0.3 is 31.7 Å². The van der Waals surface area contributed by atoms with Gasteiger partial charge in [-0.05, 0) is 97.4 Å². The number of benzene rings is 4. The highest BCUT2D eigenvalue weighted by atomic mass is 35.5. The molecular formula is C56H48ClN11O5. The molecule has 17 heteroatoms. The van der Waals surface area contributed by atoms with Crippen LogP contribution in [0.2, 0.25) is 5.02 Å². The predicted octanol–water partition coefficient (Wildman–Crippen LogP) is 8.50. The van der Waals surface area contributed by atoms with Crippen LogP contribution >= 0.6 is 11.6 Å². The number of aromatic nitrogens is 6. The van der Waals surface area contributed by atoms with Gasteiger partial charge in [-0.15, -0.1) is 0 Å². The van der Waals surface area contributed by atoms with Crippen molar-refractivity contribution in [3.05, 3.63) is 206 Å². The van der Waals surface area contributed by atoms with E-state index in [2.05, 4.69) is 35.5 Å². The van der Waals surface area contributed by atoms with Crippen LogP contribution in [0.5, 0.6) is 0 Å². The van der Waals surface area contributed by atoms with Crippen molar-refractivity contribution in [2.24, 2.45) is 0 Å². The SMILES string of the molecule is C[C@H](NC(=O)c1c(N)ncc2cccnc12)c1cc2cccc(Cl)c2c(=O)n1-c1ccccc1.C[C@H](NC(=O)c1c(N)ncc2cccnc12)c1cc2cccc(N3CCOCC3)c2c(=O)n1-c1ccccc1. The average Bonchev–Trinajstić information content (AvgIpc) is 3.41. The number of halogens is 1. The Labute approximate surface area is 422 Å². The lowest BCUT2D eigenvalue weighted by molar-refractivity contribution is 0.0932. The number of anilines is 3. The summed E-state index contributed by atoms with van der Waals surface area (Å²) >= 11 is 6.38. The second-order valence-electron chi connectivity index (χ2n) is 17.4. The fourth-order valence-corrected chi connectivity index (χ4v) is 9.60. The van der Waals surface area contributed by atoms with Gasteiger partial charge in [0.05, 0.1) is 57.8 Å². The summed E-state index contributed by atoms with van der Waals surface area (Å²) in [4.78, 5) is 73.9. The Morgan fingerprint density at radius 2 is 1.03 bits per heavy atom. The molecule has 0 radical (unpaired) electrons. The van der Waals surface area contributed by atoms with E-state index in [1.54, 1.807) is 58.2 Å². The molecule has 10 aromatic rings. The van der Waals surface area contributed by atoms with Crippen LogP contribution in [0.25, 0.3) is 54.7 Å². The van der Waals surface area contributed by atoms with Crippen molar-refractivity contribution in [1.82, 2.24) is 39.7 Å². The number of nitrogens with zero attached hydrogens (tertiary/aromatic N) is 7. The lowest BCUT2D eigenvalue weighted by Crippen LogP contribution is -2.37. The smallest absolute Gasteiger partial charge is 0.265 e. The molecule has 1 fully saturated rings. The maximum Gasteiger partial charge on any atom is 0.265 e. The quantitative estimate of drug-likeness (QED) is 0.107. The number of rotatable bonds is 9. The molecule has 0 bridgehead atoms. The molecule has 0 unspecified atom stereocenters. The van der Waals surface area contributed by atoms with E-state index in [1.807, 2.05) is 123 Å². The molecule has 0 saturated carbocycles. The summed E-state index contributed by atoms with van der Waals surface area (Å²) in [5.74, 6) is -0.660. The van der Waals surface area contributed by atoms with Crippen LogP contribution in [0, 0.1) is 0 Å². The molecule has 1 aliphatic rings. The number of hydrogen-bond acceptors (Lipinski definition) is 12. The minimum Gasteiger partial charge on any atom is -0.383 e. The third kappa shape index (κ3) is 9.28. The number of morpholine rings is 1. The van der Waals surface area contributed by atoms with E-state index in [-0.39, 0.29) is 33.9 Å². The van der Waals surface area contributed by atoms with Gasteiger partial charge in [0.15, 0.2) is 0 Å². The summed E-state index contributed by atoms with van der Waals surface area (Å²) in [6.45, 7) is 6.33. The first-order valence-electron chi connectivity index (χ1n) is 23.5. The normalized spacial score (nSPS) is 13.3. The molecule has 7 heterocycles. The summed E-state index contributed by atoms with van der Waals surface area (Å²) < 4.78 is 8.78. The van der Waals surface area contributed by atoms with Crippen LogP contribution in [0.3, 0.4) is 0 Å². The molecule has 11 rings (SSSR count). The van der Waals surface area contributed by atoms with E-state index < -0.39 is 23.9 Å². The summed E-state index contributed by atoms with van der Waals surface area (Å²) in [5, 5.41) is 10.4. The van der Waals surface area contributed by atoms with Crippen molar-refractivity contribution < 1.29 is 14.3 Å². The fourth-order valence-electron chi connectivity index (χ4n) is 9.34. The van der Waals surface area contributed by atoms with Gasteiger partial charge in [0.1, 0.15) is 22.8 Å². The first-order chi connectivity index (χ1) is 35.5. The molecule has 1 saturated heterocycles. The number of carbonyl (C=O) groups is 2.